The van der Waals surface area contributed by atoms with E-state index in [-0.39, 0.29) is 22.4 Å². The van der Waals surface area contributed by atoms with Gasteiger partial charge in [-0.2, -0.15) is 4.68 Å². The van der Waals surface area contributed by atoms with Crippen LogP contribution in [0.4, 0.5) is 4.39 Å². The number of hydrogen-bond donors (Lipinski definition) is 0. The smallest absolute Gasteiger partial charge is 0.163 e. The van der Waals surface area contributed by atoms with Gasteiger partial charge in [-0.1, -0.05) is 46.8 Å². The van der Waals surface area contributed by atoms with Crippen molar-refractivity contribution in [1.29, 1.82) is 0 Å². The number of aryl methyl sites for hydroxylation is 1. The van der Waals surface area contributed by atoms with E-state index in [9.17, 15) is 9.18 Å². The summed E-state index contributed by atoms with van der Waals surface area (Å²) in [6, 6.07) is 10.8. The summed E-state index contributed by atoms with van der Waals surface area (Å²) >= 11 is 0. The molecule has 0 saturated heterocycles. The third-order valence-electron chi connectivity index (χ3n) is 6.43. The molecule has 3 aromatic rings. The second-order valence-corrected chi connectivity index (χ2v) is 10.8. The Morgan fingerprint density at radius 3 is 2.41 bits per heavy atom. The van der Waals surface area contributed by atoms with E-state index < -0.39 is 0 Å². The summed E-state index contributed by atoms with van der Waals surface area (Å²) in [5.74, 6) is 1.12. The molecular formula is C26H31FN4O. The summed E-state index contributed by atoms with van der Waals surface area (Å²) in [6.45, 7) is 12.2. The van der Waals surface area contributed by atoms with E-state index in [0.717, 1.165) is 11.1 Å². The van der Waals surface area contributed by atoms with Crippen molar-refractivity contribution in [3.05, 3.63) is 59.2 Å². The van der Waals surface area contributed by atoms with Crippen molar-refractivity contribution in [3.8, 4) is 16.8 Å². The second kappa shape index (κ2) is 7.91. The van der Waals surface area contributed by atoms with E-state index in [4.69, 9.17) is 0 Å². The number of hydrogen-bond acceptors (Lipinski definition) is 4. The highest BCUT2D eigenvalue weighted by atomic mass is 19.1. The summed E-state index contributed by atoms with van der Waals surface area (Å²) in [6.07, 6.45) is 2.85. The van der Waals surface area contributed by atoms with Crippen LogP contribution in [-0.4, -0.2) is 26.0 Å². The topological polar surface area (TPSA) is 60.7 Å². The van der Waals surface area contributed by atoms with Gasteiger partial charge in [-0.15, -0.1) is 5.10 Å². The normalized spacial score (nSPS) is 14.6. The van der Waals surface area contributed by atoms with Crippen LogP contribution in [0.1, 0.15) is 75.6 Å². The zero-order valence-corrected chi connectivity index (χ0v) is 19.7. The molecule has 4 rings (SSSR count). The van der Waals surface area contributed by atoms with E-state index >= 15 is 0 Å². The van der Waals surface area contributed by atoms with Crippen LogP contribution in [-0.2, 0) is 5.41 Å². The average Bonchev–Trinajstić information content (AvgIpc) is 3.46. The fourth-order valence-corrected chi connectivity index (χ4v) is 4.19. The van der Waals surface area contributed by atoms with Crippen LogP contribution in [0.15, 0.2) is 36.4 Å². The Hall–Kier alpha value is -2.89. The van der Waals surface area contributed by atoms with Crippen molar-refractivity contribution >= 4 is 5.78 Å². The molecule has 1 saturated carbocycles. The maximum atomic E-state index is 14.3. The second-order valence-electron chi connectivity index (χ2n) is 10.8. The third-order valence-corrected chi connectivity index (χ3v) is 6.43. The monoisotopic (exact) mass is 434 g/mol. The van der Waals surface area contributed by atoms with Crippen LogP contribution in [0, 0.1) is 24.1 Å². The Balaban J connectivity index is 1.83. The Kier molecular flexibility index (Phi) is 5.51. The fraction of sp³-hybridized carbons (Fsp3) is 0.462. The molecule has 6 heteroatoms. The molecule has 5 nitrogen and oxygen atoms in total. The first-order valence-electron chi connectivity index (χ1n) is 11.2. The van der Waals surface area contributed by atoms with Crippen LogP contribution in [0.3, 0.4) is 0 Å². The van der Waals surface area contributed by atoms with Crippen molar-refractivity contribution in [2.75, 3.05) is 0 Å². The van der Waals surface area contributed by atoms with Gasteiger partial charge >= 0.3 is 0 Å². The summed E-state index contributed by atoms with van der Waals surface area (Å²) in [4.78, 5) is 13.4. The predicted octanol–water partition coefficient (Wildman–Crippen LogP) is 6.08. The lowest BCUT2D eigenvalue weighted by Crippen LogP contribution is -2.21. The van der Waals surface area contributed by atoms with E-state index in [1.54, 1.807) is 17.7 Å². The Labute approximate surface area is 189 Å². The van der Waals surface area contributed by atoms with Gasteiger partial charge in [0.1, 0.15) is 5.82 Å². The van der Waals surface area contributed by atoms with Gasteiger partial charge in [0.15, 0.2) is 11.6 Å². The van der Waals surface area contributed by atoms with Crippen LogP contribution < -0.4 is 0 Å². The maximum absolute atomic E-state index is 14.3. The molecule has 0 unspecified atom stereocenters. The van der Waals surface area contributed by atoms with E-state index in [2.05, 4.69) is 29.4 Å². The van der Waals surface area contributed by atoms with Gasteiger partial charge in [0, 0.05) is 17.4 Å². The number of benzene rings is 2. The van der Waals surface area contributed by atoms with Gasteiger partial charge in [0.05, 0.1) is 5.69 Å². The number of ketones is 1. The number of halogens is 1. The van der Waals surface area contributed by atoms with E-state index in [1.807, 2.05) is 45.0 Å². The van der Waals surface area contributed by atoms with Gasteiger partial charge in [-0.25, -0.2) is 4.39 Å². The minimum Gasteiger partial charge on any atom is -0.294 e. The maximum Gasteiger partial charge on any atom is 0.163 e. The fourth-order valence-electron chi connectivity index (χ4n) is 4.19. The Morgan fingerprint density at radius 2 is 1.78 bits per heavy atom. The lowest BCUT2D eigenvalue weighted by Gasteiger charge is -2.23. The number of tetrazole rings is 1. The zero-order chi connectivity index (χ0) is 23.3. The van der Waals surface area contributed by atoms with Gasteiger partial charge in [-0.3, -0.25) is 4.79 Å². The number of aromatic nitrogens is 4. The first-order valence-corrected chi connectivity index (χ1v) is 11.2. The molecule has 1 fully saturated rings. The van der Waals surface area contributed by atoms with Crippen molar-refractivity contribution in [3.63, 3.8) is 0 Å². The zero-order valence-electron chi connectivity index (χ0n) is 19.7. The first-order chi connectivity index (χ1) is 15.0. The van der Waals surface area contributed by atoms with Crippen LogP contribution in [0.5, 0.6) is 0 Å². The SMILES string of the molecule is Cc1ccc(-c2cc(C(=O)CC(C)(C)C3CC3)cc(-n3nnnc3C(C)(C)C)c2)cc1F. The highest BCUT2D eigenvalue weighted by Gasteiger charge is 2.39. The molecule has 1 heterocycles. The molecule has 1 aliphatic carbocycles. The van der Waals surface area contributed by atoms with Crippen molar-refractivity contribution in [1.82, 2.24) is 20.2 Å². The molecule has 0 atom stereocenters. The minimum absolute atomic E-state index is 0.0331. The number of nitrogens with zero attached hydrogens (tertiary/aromatic N) is 4. The van der Waals surface area contributed by atoms with E-state index in [0.29, 0.717) is 35.0 Å². The summed E-state index contributed by atoms with van der Waals surface area (Å²) in [5, 5.41) is 12.3. The molecule has 0 N–H and O–H groups in total. The lowest BCUT2D eigenvalue weighted by molar-refractivity contribution is 0.0917. The van der Waals surface area contributed by atoms with Crippen LogP contribution in [0.25, 0.3) is 16.8 Å². The van der Waals surface area contributed by atoms with Crippen molar-refractivity contribution in [2.45, 2.75) is 66.2 Å². The van der Waals surface area contributed by atoms with E-state index in [1.165, 1.54) is 18.9 Å². The molecule has 0 spiro atoms. The van der Waals surface area contributed by atoms with Crippen LogP contribution >= 0.6 is 0 Å². The molecule has 2 aromatic carbocycles. The van der Waals surface area contributed by atoms with Crippen LogP contribution in [0.2, 0.25) is 0 Å². The standard InChI is InChI=1S/C26H31FN4O/c1-16-7-8-17(14-22(16)27)18-11-19(23(32)15-26(5,6)20-9-10-20)13-21(12-18)31-24(25(2,3)4)28-29-30-31/h7-8,11-14,20H,9-10,15H2,1-6H3. The molecule has 0 aliphatic heterocycles. The van der Waals surface area contributed by atoms with Gasteiger partial charge < -0.3 is 0 Å². The lowest BCUT2D eigenvalue weighted by atomic mass is 9.80. The minimum atomic E-state index is -0.284. The van der Waals surface area contributed by atoms with Crippen molar-refractivity contribution < 1.29 is 9.18 Å². The number of Topliss-reactive ketones (excluding diaryl/α,β-unsaturated/α-hetero) is 1. The summed E-state index contributed by atoms with van der Waals surface area (Å²) in [5.41, 5.74) is 3.05. The van der Waals surface area contributed by atoms with Crippen molar-refractivity contribution in [2.24, 2.45) is 11.3 Å². The largest absolute Gasteiger partial charge is 0.294 e. The molecule has 1 aliphatic rings. The number of rotatable bonds is 6. The highest BCUT2D eigenvalue weighted by Crippen LogP contribution is 2.47. The predicted molar refractivity (Wildman–Crippen MR) is 123 cm³/mol. The number of carbonyl (C=O) groups excluding carboxylic acids is 1. The third kappa shape index (κ3) is 4.50. The summed E-state index contributed by atoms with van der Waals surface area (Å²) in [7, 11) is 0. The molecule has 0 bridgehead atoms. The van der Waals surface area contributed by atoms with Gasteiger partial charge in [-0.05, 0) is 82.5 Å². The van der Waals surface area contributed by atoms with Gasteiger partial charge in [0.25, 0.3) is 0 Å². The molecule has 0 radical (unpaired) electrons. The first kappa shape index (κ1) is 22.3. The molecule has 1 aromatic heterocycles. The Morgan fingerprint density at radius 1 is 1.06 bits per heavy atom. The quantitative estimate of drug-likeness (QED) is 0.441. The number of carbonyl (C=O) groups is 1. The molecule has 0 amide bonds. The molecule has 32 heavy (non-hydrogen) atoms. The average molecular weight is 435 g/mol. The highest BCUT2D eigenvalue weighted by molar-refractivity contribution is 5.98. The summed E-state index contributed by atoms with van der Waals surface area (Å²) < 4.78 is 16.0. The molecular weight excluding hydrogens is 403 g/mol. The molecule has 168 valence electrons. The Bertz CT molecular complexity index is 1170. The van der Waals surface area contributed by atoms with Gasteiger partial charge in [0.2, 0.25) is 0 Å².